The van der Waals surface area contributed by atoms with E-state index in [-0.39, 0.29) is 23.8 Å². The molecule has 1 N–H and O–H groups in total. The van der Waals surface area contributed by atoms with Gasteiger partial charge in [-0.1, -0.05) is 25.3 Å². The number of carbonyl (C=O) groups excluding carboxylic acids is 1. The monoisotopic (exact) mass is 317 g/mol. The summed E-state index contributed by atoms with van der Waals surface area (Å²) in [7, 11) is 0. The van der Waals surface area contributed by atoms with Gasteiger partial charge in [-0.3, -0.25) is 10.1 Å². The van der Waals surface area contributed by atoms with Crippen molar-refractivity contribution < 1.29 is 9.72 Å². The van der Waals surface area contributed by atoms with Gasteiger partial charge in [-0.25, -0.2) is 4.79 Å². The summed E-state index contributed by atoms with van der Waals surface area (Å²) in [5.74, 6) is 0. The molecule has 0 aliphatic heterocycles. The third-order valence-corrected chi connectivity index (χ3v) is 4.31. The number of rotatable bonds is 5. The molecule has 1 aromatic carbocycles. The molecule has 2 amide bonds. The predicted molar refractivity (Wildman–Crippen MR) is 90.5 cm³/mol. The van der Waals surface area contributed by atoms with E-state index >= 15 is 0 Å². The average molecular weight is 317 g/mol. The zero-order chi connectivity index (χ0) is 16.8. The summed E-state index contributed by atoms with van der Waals surface area (Å²) in [6, 6.07) is 5.85. The van der Waals surface area contributed by atoms with Crippen molar-refractivity contribution in [2.75, 3.05) is 5.32 Å². The predicted octanol–water partition coefficient (Wildman–Crippen LogP) is 4.34. The van der Waals surface area contributed by atoms with E-state index in [1.807, 2.05) is 11.8 Å². The number of non-ortho nitro benzene ring substituents is 1. The first kappa shape index (κ1) is 17.0. The summed E-state index contributed by atoms with van der Waals surface area (Å²) in [5, 5.41) is 13.5. The van der Waals surface area contributed by atoms with Crippen LogP contribution in [-0.4, -0.2) is 27.9 Å². The van der Waals surface area contributed by atoms with Gasteiger partial charge in [0.25, 0.3) is 5.69 Å². The molecule has 124 valence electrons. The van der Waals surface area contributed by atoms with Gasteiger partial charge in [-0.15, -0.1) is 6.58 Å². The molecule has 6 heteroatoms. The fraction of sp³-hybridized carbons (Fsp3) is 0.471. The van der Waals surface area contributed by atoms with Gasteiger partial charge in [0.1, 0.15) is 0 Å². The molecule has 23 heavy (non-hydrogen) atoms. The molecule has 0 aromatic heterocycles. The van der Waals surface area contributed by atoms with Crippen LogP contribution in [0.2, 0.25) is 0 Å². The first-order valence-corrected chi connectivity index (χ1v) is 7.99. The summed E-state index contributed by atoms with van der Waals surface area (Å²) in [6.45, 7) is 5.76. The lowest BCUT2D eigenvalue weighted by Gasteiger charge is -2.37. The van der Waals surface area contributed by atoms with E-state index in [1.54, 1.807) is 18.2 Å². The molecular formula is C17H23N3O3. The Morgan fingerprint density at radius 2 is 1.96 bits per heavy atom. The number of carbonyl (C=O) groups is 1. The van der Waals surface area contributed by atoms with E-state index in [4.69, 9.17) is 0 Å². The van der Waals surface area contributed by atoms with Crippen LogP contribution in [0.4, 0.5) is 16.2 Å². The zero-order valence-electron chi connectivity index (χ0n) is 13.4. The molecule has 2 rings (SSSR count). The Kier molecular flexibility index (Phi) is 5.73. The summed E-state index contributed by atoms with van der Waals surface area (Å²) in [4.78, 5) is 24.7. The lowest BCUT2D eigenvalue weighted by atomic mass is 9.93. The summed E-state index contributed by atoms with van der Waals surface area (Å²) in [6.07, 6.45) is 7.27. The van der Waals surface area contributed by atoms with Gasteiger partial charge < -0.3 is 10.2 Å². The molecule has 6 nitrogen and oxygen atoms in total. The second-order valence-corrected chi connectivity index (χ2v) is 5.91. The quantitative estimate of drug-likeness (QED) is 0.499. The standard InChI is InChI=1S/C17H23N3O3/c1-3-13(2)19(15-7-5-4-6-8-15)17(21)18-14-9-11-16(12-10-14)20(22)23/h3,9-13,15H,1,4-8H2,2H3,(H,18,21). The lowest BCUT2D eigenvalue weighted by Crippen LogP contribution is -2.48. The molecule has 1 saturated carbocycles. The van der Waals surface area contributed by atoms with Crippen molar-refractivity contribution in [1.82, 2.24) is 4.90 Å². The summed E-state index contributed by atoms with van der Waals surface area (Å²) in [5.41, 5.74) is 0.560. The minimum atomic E-state index is -0.459. The van der Waals surface area contributed by atoms with Crippen molar-refractivity contribution in [2.45, 2.75) is 51.1 Å². The highest BCUT2D eigenvalue weighted by Crippen LogP contribution is 2.25. The Labute approximate surface area is 136 Å². The molecular weight excluding hydrogens is 294 g/mol. The number of nitro groups is 1. The smallest absolute Gasteiger partial charge is 0.315 e. The Morgan fingerprint density at radius 1 is 1.35 bits per heavy atom. The highest BCUT2D eigenvalue weighted by molar-refractivity contribution is 5.90. The number of urea groups is 1. The van der Waals surface area contributed by atoms with Crippen LogP contribution < -0.4 is 5.32 Å². The van der Waals surface area contributed by atoms with Crippen LogP contribution >= 0.6 is 0 Å². The molecule has 0 saturated heterocycles. The van der Waals surface area contributed by atoms with Gasteiger partial charge in [0.05, 0.1) is 4.92 Å². The summed E-state index contributed by atoms with van der Waals surface area (Å²) < 4.78 is 0. The van der Waals surface area contributed by atoms with Crippen molar-refractivity contribution in [1.29, 1.82) is 0 Å². The number of anilines is 1. The largest absolute Gasteiger partial charge is 0.322 e. The van der Waals surface area contributed by atoms with Crippen LogP contribution in [0.15, 0.2) is 36.9 Å². The molecule has 1 atom stereocenters. The maximum atomic E-state index is 12.7. The Bertz CT molecular complexity index is 565. The first-order valence-electron chi connectivity index (χ1n) is 7.99. The van der Waals surface area contributed by atoms with Crippen molar-refractivity contribution >= 4 is 17.4 Å². The Hall–Kier alpha value is -2.37. The van der Waals surface area contributed by atoms with Crippen LogP contribution in [0.5, 0.6) is 0 Å². The molecule has 0 bridgehead atoms. The van der Waals surface area contributed by atoms with Crippen molar-refractivity contribution in [2.24, 2.45) is 0 Å². The van der Waals surface area contributed by atoms with Crippen LogP contribution in [0.3, 0.4) is 0 Å². The number of amides is 2. The fourth-order valence-electron chi connectivity index (χ4n) is 3.01. The first-order chi connectivity index (χ1) is 11.0. The van der Waals surface area contributed by atoms with Crippen molar-refractivity contribution in [3.63, 3.8) is 0 Å². The topological polar surface area (TPSA) is 75.5 Å². The number of nitrogens with zero attached hydrogens (tertiary/aromatic N) is 2. The van der Waals surface area contributed by atoms with Crippen molar-refractivity contribution in [3.8, 4) is 0 Å². The minimum absolute atomic E-state index is 0.00611. The van der Waals surface area contributed by atoms with Crippen LogP contribution in [0, 0.1) is 10.1 Å². The molecule has 1 aromatic rings. The van der Waals surface area contributed by atoms with E-state index in [9.17, 15) is 14.9 Å². The highest BCUT2D eigenvalue weighted by atomic mass is 16.6. The molecule has 1 aliphatic carbocycles. The molecule has 1 aliphatic rings. The molecule has 0 heterocycles. The van der Waals surface area contributed by atoms with Gasteiger partial charge in [0.15, 0.2) is 0 Å². The Balaban J connectivity index is 2.10. The third-order valence-electron chi connectivity index (χ3n) is 4.31. The SMILES string of the molecule is C=CC(C)N(C(=O)Nc1ccc([N+](=O)[O-])cc1)C1CCCCC1. The van der Waals surface area contributed by atoms with Gasteiger partial charge >= 0.3 is 6.03 Å². The van der Waals surface area contributed by atoms with E-state index in [1.165, 1.54) is 18.6 Å². The number of benzene rings is 1. The van der Waals surface area contributed by atoms with E-state index < -0.39 is 4.92 Å². The second-order valence-electron chi connectivity index (χ2n) is 5.91. The molecule has 1 unspecified atom stereocenters. The number of nitro benzene ring substituents is 1. The van der Waals surface area contributed by atoms with Crippen LogP contribution in [-0.2, 0) is 0 Å². The average Bonchev–Trinajstić information content (AvgIpc) is 2.56. The van der Waals surface area contributed by atoms with Gasteiger partial charge in [-0.05, 0) is 31.9 Å². The van der Waals surface area contributed by atoms with Gasteiger partial charge in [0, 0.05) is 29.9 Å². The molecule has 0 radical (unpaired) electrons. The number of nitrogens with one attached hydrogen (secondary N) is 1. The molecule has 1 fully saturated rings. The maximum absolute atomic E-state index is 12.7. The number of hydrogen-bond acceptors (Lipinski definition) is 3. The van der Waals surface area contributed by atoms with E-state index in [0.717, 1.165) is 25.7 Å². The van der Waals surface area contributed by atoms with Crippen molar-refractivity contribution in [3.05, 3.63) is 47.0 Å². The van der Waals surface area contributed by atoms with Crippen LogP contribution in [0.1, 0.15) is 39.0 Å². The summed E-state index contributed by atoms with van der Waals surface area (Å²) >= 11 is 0. The Morgan fingerprint density at radius 3 is 2.48 bits per heavy atom. The van der Waals surface area contributed by atoms with E-state index in [2.05, 4.69) is 11.9 Å². The minimum Gasteiger partial charge on any atom is -0.315 e. The highest BCUT2D eigenvalue weighted by Gasteiger charge is 2.28. The van der Waals surface area contributed by atoms with Gasteiger partial charge in [0.2, 0.25) is 0 Å². The van der Waals surface area contributed by atoms with Crippen LogP contribution in [0.25, 0.3) is 0 Å². The van der Waals surface area contributed by atoms with Gasteiger partial charge in [-0.2, -0.15) is 0 Å². The number of hydrogen-bond donors (Lipinski definition) is 1. The zero-order valence-corrected chi connectivity index (χ0v) is 13.4. The second kappa shape index (κ2) is 7.76. The third kappa shape index (κ3) is 4.31. The van der Waals surface area contributed by atoms with E-state index in [0.29, 0.717) is 5.69 Å². The molecule has 0 spiro atoms. The maximum Gasteiger partial charge on any atom is 0.322 e. The fourth-order valence-corrected chi connectivity index (χ4v) is 3.01. The normalized spacial score (nSPS) is 16.4. The lowest BCUT2D eigenvalue weighted by molar-refractivity contribution is -0.384.